The Labute approximate surface area is 151 Å². The lowest BCUT2D eigenvalue weighted by atomic mass is 10.1. The Morgan fingerprint density at radius 3 is 2.75 bits per heavy atom. The predicted octanol–water partition coefficient (Wildman–Crippen LogP) is 2.21. The molecule has 0 atom stereocenters. The van der Waals surface area contributed by atoms with Crippen molar-refractivity contribution in [3.8, 4) is 0 Å². The van der Waals surface area contributed by atoms with Gasteiger partial charge < -0.3 is 16.0 Å². The van der Waals surface area contributed by atoms with Gasteiger partial charge in [0.25, 0.3) is 5.91 Å². The molecule has 0 saturated carbocycles. The summed E-state index contributed by atoms with van der Waals surface area (Å²) in [5.74, 6) is -0.186. The van der Waals surface area contributed by atoms with Crippen molar-refractivity contribution in [1.29, 1.82) is 0 Å². The van der Waals surface area contributed by atoms with Gasteiger partial charge in [0.2, 0.25) is 5.91 Å². The maximum Gasteiger partial charge on any atom is 0.261 e. The summed E-state index contributed by atoms with van der Waals surface area (Å²) in [6.07, 6.45) is 0.281. The second-order valence-corrected chi connectivity index (χ2v) is 6.41. The van der Waals surface area contributed by atoms with Crippen LogP contribution in [0.5, 0.6) is 0 Å². The molecule has 0 fully saturated rings. The zero-order valence-electron chi connectivity index (χ0n) is 13.1. The topological polar surface area (TPSA) is 70.2 Å². The van der Waals surface area contributed by atoms with Crippen LogP contribution < -0.4 is 16.0 Å². The van der Waals surface area contributed by atoms with Crippen LogP contribution in [-0.2, 0) is 24.4 Å². The zero-order valence-corrected chi connectivity index (χ0v) is 14.8. The van der Waals surface area contributed by atoms with Crippen molar-refractivity contribution < 1.29 is 9.59 Å². The van der Waals surface area contributed by atoms with E-state index < -0.39 is 0 Å². The first-order valence-electron chi connectivity index (χ1n) is 7.62. The molecule has 0 bridgehead atoms. The van der Waals surface area contributed by atoms with Gasteiger partial charge in [0.1, 0.15) is 0 Å². The van der Waals surface area contributed by atoms with Crippen molar-refractivity contribution in [2.24, 2.45) is 0 Å². The molecule has 5 nitrogen and oxygen atoms in total. The summed E-state index contributed by atoms with van der Waals surface area (Å²) >= 11 is 1.39. The first kappa shape index (κ1) is 18.4. The first-order chi connectivity index (χ1) is 11.2. The number of fused-ring (bicyclic) bond motifs is 1. The Balaban J connectivity index is 0.00000208. The van der Waals surface area contributed by atoms with E-state index in [9.17, 15) is 9.59 Å². The van der Waals surface area contributed by atoms with Gasteiger partial charge in [-0.3, -0.25) is 9.59 Å². The molecular formula is C17H20ClN3O2S. The molecule has 24 heavy (non-hydrogen) atoms. The van der Waals surface area contributed by atoms with Gasteiger partial charge in [-0.15, -0.1) is 23.7 Å². The van der Waals surface area contributed by atoms with E-state index in [4.69, 9.17) is 0 Å². The van der Waals surface area contributed by atoms with Crippen molar-refractivity contribution in [1.82, 2.24) is 16.0 Å². The lowest BCUT2D eigenvalue weighted by Crippen LogP contribution is -2.30. The average Bonchev–Trinajstić information content (AvgIpc) is 3.23. The number of hydrogen-bond donors (Lipinski definition) is 3. The van der Waals surface area contributed by atoms with E-state index in [1.807, 2.05) is 17.5 Å². The molecule has 2 amide bonds. The van der Waals surface area contributed by atoms with Gasteiger partial charge in [-0.25, -0.2) is 0 Å². The van der Waals surface area contributed by atoms with Gasteiger partial charge in [0, 0.05) is 32.6 Å². The summed E-state index contributed by atoms with van der Waals surface area (Å²) < 4.78 is 0. The summed E-state index contributed by atoms with van der Waals surface area (Å²) in [4.78, 5) is 24.2. The highest BCUT2D eigenvalue weighted by atomic mass is 35.5. The Kier molecular flexibility index (Phi) is 6.78. The fourth-order valence-electron chi connectivity index (χ4n) is 2.53. The minimum atomic E-state index is -0.126. The minimum Gasteiger partial charge on any atom is -0.352 e. The van der Waals surface area contributed by atoms with Gasteiger partial charge in [0.15, 0.2) is 0 Å². The Morgan fingerprint density at radius 1 is 1.12 bits per heavy atom. The molecule has 0 saturated heterocycles. The highest BCUT2D eigenvalue weighted by Gasteiger charge is 2.11. The first-order valence-corrected chi connectivity index (χ1v) is 8.50. The van der Waals surface area contributed by atoms with E-state index in [1.54, 1.807) is 6.07 Å². The lowest BCUT2D eigenvalue weighted by molar-refractivity contribution is -0.121. The van der Waals surface area contributed by atoms with Crippen LogP contribution in [0.4, 0.5) is 0 Å². The summed E-state index contributed by atoms with van der Waals surface area (Å²) in [6.45, 7) is 2.68. The van der Waals surface area contributed by atoms with Crippen LogP contribution in [0, 0.1) is 0 Å². The molecule has 0 radical (unpaired) electrons. The zero-order chi connectivity index (χ0) is 16.1. The molecule has 128 valence electrons. The fourth-order valence-corrected chi connectivity index (χ4v) is 3.17. The van der Waals surface area contributed by atoms with Crippen LogP contribution in [0.15, 0.2) is 35.7 Å². The third-order valence-electron chi connectivity index (χ3n) is 3.77. The van der Waals surface area contributed by atoms with Crippen LogP contribution in [0.1, 0.15) is 32.8 Å². The summed E-state index contributed by atoms with van der Waals surface area (Å²) in [5.41, 5.74) is 3.74. The molecule has 0 spiro atoms. The van der Waals surface area contributed by atoms with Crippen molar-refractivity contribution in [2.75, 3.05) is 6.54 Å². The number of halogens is 1. The average molecular weight is 366 g/mol. The van der Waals surface area contributed by atoms with E-state index >= 15 is 0 Å². The normalized spacial score (nSPS) is 12.2. The van der Waals surface area contributed by atoms with E-state index in [1.165, 1.54) is 22.5 Å². The molecule has 1 aromatic carbocycles. The number of amides is 2. The van der Waals surface area contributed by atoms with Gasteiger partial charge in [-0.05, 0) is 28.1 Å². The maximum atomic E-state index is 11.8. The monoisotopic (exact) mass is 365 g/mol. The van der Waals surface area contributed by atoms with Crippen LogP contribution in [0.3, 0.4) is 0 Å². The van der Waals surface area contributed by atoms with E-state index in [0.717, 1.165) is 18.7 Å². The lowest BCUT2D eigenvalue weighted by Gasteiger charge is -2.08. The minimum absolute atomic E-state index is 0. The number of thiophene rings is 1. The second kappa shape index (κ2) is 8.82. The van der Waals surface area contributed by atoms with E-state index in [-0.39, 0.29) is 30.6 Å². The number of hydrogen-bond acceptors (Lipinski definition) is 4. The fraction of sp³-hybridized carbons (Fsp3) is 0.294. The van der Waals surface area contributed by atoms with Gasteiger partial charge >= 0.3 is 0 Å². The molecule has 1 aromatic heterocycles. The summed E-state index contributed by atoms with van der Waals surface area (Å²) in [6, 6.07) is 9.89. The van der Waals surface area contributed by atoms with Crippen molar-refractivity contribution in [3.63, 3.8) is 0 Å². The quantitative estimate of drug-likeness (QED) is 0.735. The summed E-state index contributed by atoms with van der Waals surface area (Å²) in [7, 11) is 0. The molecule has 3 rings (SSSR count). The van der Waals surface area contributed by atoms with E-state index in [2.05, 4.69) is 28.1 Å². The second-order valence-electron chi connectivity index (χ2n) is 5.47. The van der Waals surface area contributed by atoms with E-state index in [0.29, 0.717) is 18.0 Å². The largest absolute Gasteiger partial charge is 0.352 e. The van der Waals surface area contributed by atoms with Crippen LogP contribution in [0.25, 0.3) is 0 Å². The molecule has 2 aromatic rings. The molecule has 3 N–H and O–H groups in total. The number of carbonyl (C=O) groups excluding carboxylic acids is 2. The molecule has 1 aliphatic rings. The molecular weight excluding hydrogens is 346 g/mol. The van der Waals surface area contributed by atoms with Crippen LogP contribution >= 0.6 is 23.7 Å². The predicted molar refractivity (Wildman–Crippen MR) is 97.3 cm³/mol. The molecule has 0 aliphatic carbocycles. The van der Waals surface area contributed by atoms with Crippen LogP contribution in [-0.4, -0.2) is 18.4 Å². The third kappa shape index (κ3) is 4.80. The molecule has 0 unspecified atom stereocenters. The maximum absolute atomic E-state index is 11.8. The Morgan fingerprint density at radius 2 is 1.96 bits per heavy atom. The number of benzene rings is 1. The smallest absolute Gasteiger partial charge is 0.261 e. The number of rotatable bonds is 6. The van der Waals surface area contributed by atoms with Gasteiger partial charge in [0.05, 0.1) is 4.88 Å². The van der Waals surface area contributed by atoms with Gasteiger partial charge in [-0.2, -0.15) is 0 Å². The number of carbonyl (C=O) groups is 2. The van der Waals surface area contributed by atoms with Crippen molar-refractivity contribution in [2.45, 2.75) is 26.1 Å². The molecule has 2 heterocycles. The van der Waals surface area contributed by atoms with Crippen LogP contribution in [0.2, 0.25) is 0 Å². The highest BCUT2D eigenvalue weighted by Crippen LogP contribution is 2.16. The molecule has 1 aliphatic heterocycles. The standard InChI is InChI=1S/C17H19N3O2S.ClH/c21-16(5-6-19-17(22)15-2-1-7-23-15)20-9-12-3-4-13-10-18-11-14(13)8-12;/h1-4,7-8,18H,5-6,9-11H2,(H,19,22)(H,20,21);1H. The highest BCUT2D eigenvalue weighted by molar-refractivity contribution is 7.12. The number of nitrogens with one attached hydrogen (secondary N) is 3. The third-order valence-corrected chi connectivity index (χ3v) is 4.64. The van der Waals surface area contributed by atoms with Crippen molar-refractivity contribution in [3.05, 3.63) is 57.3 Å². The SMILES string of the molecule is Cl.O=C(CCNC(=O)c1cccs1)NCc1ccc2c(c1)CNC2. The van der Waals surface area contributed by atoms with Crippen molar-refractivity contribution >= 4 is 35.6 Å². The van der Waals surface area contributed by atoms with Gasteiger partial charge in [-0.1, -0.05) is 24.3 Å². The molecule has 7 heteroatoms. The Bertz CT molecular complexity index is 704. The summed E-state index contributed by atoms with van der Waals surface area (Å²) in [5, 5.41) is 10.8. The Hall–Kier alpha value is -1.89.